The lowest BCUT2D eigenvalue weighted by atomic mass is 9.66. The van der Waals surface area contributed by atoms with Crippen molar-refractivity contribution in [1.29, 1.82) is 0 Å². The fraction of sp³-hybridized carbons (Fsp3) is 0.0175. The summed E-state index contributed by atoms with van der Waals surface area (Å²) in [4.78, 5) is 0. The summed E-state index contributed by atoms with van der Waals surface area (Å²) in [5, 5.41) is 12.7. The van der Waals surface area contributed by atoms with Crippen LogP contribution in [0.25, 0.3) is 87.2 Å². The van der Waals surface area contributed by atoms with Crippen LogP contribution in [0.1, 0.15) is 22.3 Å². The second-order valence-corrected chi connectivity index (χ2v) is 15.5. The molecule has 0 aliphatic heterocycles. The van der Waals surface area contributed by atoms with Gasteiger partial charge < -0.3 is 0 Å². The molecule has 57 heavy (non-hydrogen) atoms. The van der Waals surface area contributed by atoms with E-state index in [1.165, 1.54) is 109 Å². The Morgan fingerprint density at radius 3 is 1.56 bits per heavy atom. The third-order valence-electron chi connectivity index (χ3n) is 12.7. The molecule has 0 spiro atoms. The lowest BCUT2D eigenvalue weighted by molar-refractivity contribution is 0.776. The van der Waals surface area contributed by atoms with Crippen molar-refractivity contribution in [2.75, 3.05) is 0 Å². The molecule has 0 saturated carbocycles. The summed E-state index contributed by atoms with van der Waals surface area (Å²) >= 11 is 0. The predicted octanol–water partition coefficient (Wildman–Crippen LogP) is 15.1. The molecule has 12 rings (SSSR count). The van der Waals surface area contributed by atoms with Gasteiger partial charge in [-0.25, -0.2) is 0 Å². The SMILES string of the molecule is c1ccc(C2(c3ccccc3)c3cc(-c4c5ccccc5cc5c4ccc4ccccc45)ccc3-c3ccc4c(-c5cccc6ccccc56)cccc4c32)cc1. The highest BCUT2D eigenvalue weighted by molar-refractivity contribution is 6.20. The Labute approximate surface area is 331 Å². The van der Waals surface area contributed by atoms with Gasteiger partial charge in [0, 0.05) is 0 Å². The fourth-order valence-corrected chi connectivity index (χ4v) is 10.3. The second kappa shape index (κ2) is 12.4. The average molecular weight is 721 g/mol. The molecule has 264 valence electrons. The van der Waals surface area contributed by atoms with E-state index in [2.05, 4.69) is 218 Å². The third kappa shape index (κ3) is 4.56. The van der Waals surface area contributed by atoms with E-state index in [4.69, 9.17) is 0 Å². The van der Waals surface area contributed by atoms with Gasteiger partial charge in [-0.15, -0.1) is 0 Å². The Hall–Kier alpha value is -7.28. The molecule has 0 atom stereocenters. The minimum atomic E-state index is -0.576. The number of benzene rings is 11. The summed E-state index contributed by atoms with van der Waals surface area (Å²) < 4.78 is 0. The molecule has 1 aliphatic carbocycles. The highest BCUT2D eigenvalue weighted by atomic mass is 14.5. The molecule has 0 radical (unpaired) electrons. The first-order chi connectivity index (χ1) is 28.3. The maximum atomic E-state index is 2.53. The van der Waals surface area contributed by atoms with Crippen molar-refractivity contribution in [3.8, 4) is 33.4 Å². The molecule has 0 nitrogen and oxygen atoms in total. The van der Waals surface area contributed by atoms with Gasteiger partial charge in [-0.1, -0.05) is 206 Å². The summed E-state index contributed by atoms with van der Waals surface area (Å²) in [5.41, 5.74) is 12.2. The van der Waals surface area contributed by atoms with Gasteiger partial charge in [0.1, 0.15) is 0 Å². The van der Waals surface area contributed by atoms with E-state index < -0.39 is 5.41 Å². The van der Waals surface area contributed by atoms with Gasteiger partial charge >= 0.3 is 0 Å². The summed E-state index contributed by atoms with van der Waals surface area (Å²) in [6.07, 6.45) is 0. The number of rotatable bonds is 4. The first kappa shape index (κ1) is 32.0. The van der Waals surface area contributed by atoms with Crippen molar-refractivity contribution < 1.29 is 0 Å². The van der Waals surface area contributed by atoms with E-state index in [1.807, 2.05) is 0 Å². The quantitative estimate of drug-likeness (QED) is 0.125. The van der Waals surface area contributed by atoms with Crippen molar-refractivity contribution in [1.82, 2.24) is 0 Å². The van der Waals surface area contributed by atoms with E-state index in [9.17, 15) is 0 Å². The van der Waals surface area contributed by atoms with Crippen molar-refractivity contribution in [2.45, 2.75) is 5.41 Å². The maximum Gasteiger partial charge on any atom is 0.0719 e. The molecule has 0 saturated heterocycles. The van der Waals surface area contributed by atoms with Crippen LogP contribution in [-0.2, 0) is 5.41 Å². The Kier molecular flexibility index (Phi) is 6.94. The molecule has 0 heterocycles. The minimum Gasteiger partial charge on any atom is -0.0622 e. The van der Waals surface area contributed by atoms with Crippen molar-refractivity contribution >= 4 is 53.9 Å². The van der Waals surface area contributed by atoms with Crippen LogP contribution in [0.15, 0.2) is 218 Å². The zero-order valence-corrected chi connectivity index (χ0v) is 31.3. The van der Waals surface area contributed by atoms with E-state index >= 15 is 0 Å². The Morgan fingerprint density at radius 1 is 0.263 bits per heavy atom. The smallest absolute Gasteiger partial charge is 0.0622 e. The average Bonchev–Trinajstić information content (AvgIpc) is 3.59. The number of hydrogen-bond acceptors (Lipinski definition) is 0. The Morgan fingerprint density at radius 2 is 0.807 bits per heavy atom. The van der Waals surface area contributed by atoms with Crippen molar-refractivity contribution in [3.05, 3.63) is 241 Å². The lowest BCUT2D eigenvalue weighted by Gasteiger charge is -2.35. The van der Waals surface area contributed by atoms with E-state index in [1.54, 1.807) is 0 Å². The van der Waals surface area contributed by atoms with Crippen LogP contribution in [-0.4, -0.2) is 0 Å². The molecule has 11 aromatic rings. The van der Waals surface area contributed by atoms with Crippen LogP contribution in [0.3, 0.4) is 0 Å². The fourth-order valence-electron chi connectivity index (χ4n) is 10.3. The molecular formula is C57H36. The van der Waals surface area contributed by atoms with Crippen LogP contribution in [0, 0.1) is 0 Å². The van der Waals surface area contributed by atoms with Gasteiger partial charge in [0.2, 0.25) is 0 Å². The molecule has 0 N–H and O–H groups in total. The summed E-state index contributed by atoms with van der Waals surface area (Å²) in [7, 11) is 0. The highest BCUT2D eigenvalue weighted by Gasteiger charge is 2.47. The molecule has 1 aliphatic rings. The van der Waals surface area contributed by atoms with Gasteiger partial charge in [0.25, 0.3) is 0 Å². The van der Waals surface area contributed by atoms with Crippen LogP contribution in [0.5, 0.6) is 0 Å². The van der Waals surface area contributed by atoms with Crippen molar-refractivity contribution in [2.24, 2.45) is 0 Å². The largest absolute Gasteiger partial charge is 0.0719 e. The number of hydrogen-bond donors (Lipinski definition) is 0. The highest BCUT2D eigenvalue weighted by Crippen LogP contribution is 2.59. The molecule has 0 amide bonds. The molecule has 0 aromatic heterocycles. The van der Waals surface area contributed by atoms with Gasteiger partial charge in [0.15, 0.2) is 0 Å². The molecule has 11 aromatic carbocycles. The van der Waals surface area contributed by atoms with Gasteiger partial charge in [-0.05, 0) is 122 Å². The first-order valence-corrected chi connectivity index (χ1v) is 19.9. The normalized spacial score (nSPS) is 13.1. The zero-order chi connectivity index (χ0) is 37.5. The van der Waals surface area contributed by atoms with Crippen LogP contribution in [0.4, 0.5) is 0 Å². The monoisotopic (exact) mass is 720 g/mol. The predicted molar refractivity (Wildman–Crippen MR) is 242 cm³/mol. The minimum absolute atomic E-state index is 0.576. The lowest BCUT2D eigenvalue weighted by Crippen LogP contribution is -2.29. The van der Waals surface area contributed by atoms with Crippen LogP contribution < -0.4 is 0 Å². The topological polar surface area (TPSA) is 0 Å². The zero-order valence-electron chi connectivity index (χ0n) is 31.3. The summed E-state index contributed by atoms with van der Waals surface area (Å²) in [6, 6.07) is 81.6. The van der Waals surface area contributed by atoms with E-state index in [-0.39, 0.29) is 0 Å². The van der Waals surface area contributed by atoms with E-state index in [0.29, 0.717) is 0 Å². The second-order valence-electron chi connectivity index (χ2n) is 15.5. The van der Waals surface area contributed by atoms with E-state index in [0.717, 1.165) is 0 Å². The van der Waals surface area contributed by atoms with Crippen molar-refractivity contribution in [3.63, 3.8) is 0 Å². The number of fused-ring (bicyclic) bond motifs is 10. The summed E-state index contributed by atoms with van der Waals surface area (Å²) in [6.45, 7) is 0. The van der Waals surface area contributed by atoms with Gasteiger partial charge in [-0.2, -0.15) is 0 Å². The van der Waals surface area contributed by atoms with Gasteiger partial charge in [0.05, 0.1) is 5.41 Å². The first-order valence-electron chi connectivity index (χ1n) is 19.9. The van der Waals surface area contributed by atoms with Crippen LogP contribution >= 0.6 is 0 Å². The molecular weight excluding hydrogens is 685 g/mol. The Balaban J connectivity index is 1.21. The molecule has 0 bridgehead atoms. The van der Waals surface area contributed by atoms with Gasteiger partial charge in [-0.3, -0.25) is 0 Å². The summed E-state index contributed by atoms with van der Waals surface area (Å²) in [5.74, 6) is 0. The third-order valence-corrected chi connectivity index (χ3v) is 12.7. The standard InChI is InChI=1S/C57H36/c1-3-19-41(20-4-1)57(42-21-5-2-6-22-42)54-36-40(55-45-25-12-9-17-39(45)35-53-44-24-11-8-16-38(44)29-32-50(53)55)30-31-49(54)52-34-33-48-47(27-14-28-51(48)56(52)57)46-26-13-18-37-15-7-10-23-43(37)46/h1-36H. The molecule has 0 heteroatoms. The maximum absolute atomic E-state index is 2.53. The van der Waals surface area contributed by atoms with Crippen LogP contribution in [0.2, 0.25) is 0 Å². The molecule has 0 fully saturated rings. The Bertz CT molecular complexity index is 3350. The molecule has 0 unspecified atom stereocenters.